The van der Waals surface area contributed by atoms with Gasteiger partial charge in [0, 0.05) is 5.92 Å². The van der Waals surface area contributed by atoms with Crippen LogP contribution < -0.4 is 4.74 Å². The molecule has 2 aromatic rings. The van der Waals surface area contributed by atoms with E-state index >= 15 is 0 Å². The summed E-state index contributed by atoms with van der Waals surface area (Å²) in [7, 11) is 1.42. The Bertz CT molecular complexity index is 1210. The molecule has 1 amide bonds. The Labute approximate surface area is 180 Å². The Morgan fingerprint density at radius 3 is 2.77 bits per heavy atom. The summed E-state index contributed by atoms with van der Waals surface area (Å²) < 4.78 is 10.8. The number of nitrogens with zero attached hydrogens (tertiary/aromatic N) is 4. The molecule has 158 valence electrons. The second kappa shape index (κ2) is 7.84. The van der Waals surface area contributed by atoms with Crippen molar-refractivity contribution in [3.63, 3.8) is 0 Å². The van der Waals surface area contributed by atoms with Crippen LogP contribution in [0.15, 0.2) is 50.4 Å². The number of rotatable bonds is 5. The zero-order chi connectivity index (χ0) is 22.3. The minimum atomic E-state index is -0.572. The number of aliphatic imine (C=N–C) groups is 1. The highest BCUT2D eigenvalue weighted by atomic mass is 32.2. The van der Waals surface area contributed by atoms with E-state index < -0.39 is 10.8 Å². The Morgan fingerprint density at radius 1 is 1.32 bits per heavy atom. The van der Waals surface area contributed by atoms with Crippen molar-refractivity contribution in [3.8, 4) is 17.1 Å². The molecule has 4 rings (SSSR count). The molecule has 0 aliphatic carbocycles. The zero-order valence-corrected chi connectivity index (χ0v) is 17.6. The first-order valence-corrected chi connectivity index (χ1v) is 10.0. The van der Waals surface area contributed by atoms with Crippen molar-refractivity contribution < 1.29 is 18.9 Å². The number of benzene rings is 1. The highest BCUT2D eigenvalue weighted by molar-refractivity contribution is 8.27. The van der Waals surface area contributed by atoms with E-state index in [1.807, 2.05) is 13.8 Å². The first kappa shape index (κ1) is 20.5. The quantitative estimate of drug-likeness (QED) is 0.420. The summed E-state index contributed by atoms with van der Waals surface area (Å²) in [6.45, 7) is 3.94. The van der Waals surface area contributed by atoms with Gasteiger partial charge in [-0.3, -0.25) is 20.3 Å². The SMILES string of the molecule is COc1ccc(-c2ccc(/C=C3\C(=N)N4N=C(C(C)C)SC4=NC3=O)o2)c([N+](=O)[O-])c1. The highest BCUT2D eigenvalue weighted by Gasteiger charge is 2.36. The molecular weight excluding hydrogens is 422 g/mol. The lowest BCUT2D eigenvalue weighted by Gasteiger charge is -2.19. The molecule has 3 heterocycles. The van der Waals surface area contributed by atoms with Crippen LogP contribution in [0.4, 0.5) is 5.69 Å². The number of carbonyl (C=O) groups is 1. The molecule has 1 N–H and O–H groups in total. The molecule has 0 saturated heterocycles. The summed E-state index contributed by atoms with van der Waals surface area (Å²) in [5.41, 5.74) is 0.111. The third kappa shape index (κ3) is 3.75. The normalized spacial score (nSPS) is 17.2. The number of nitrogens with one attached hydrogen (secondary N) is 1. The number of hydrazone groups is 1. The van der Waals surface area contributed by atoms with Crippen molar-refractivity contribution in [1.29, 1.82) is 5.41 Å². The summed E-state index contributed by atoms with van der Waals surface area (Å²) in [6.07, 6.45) is 1.39. The maximum Gasteiger partial charge on any atom is 0.284 e. The maximum absolute atomic E-state index is 12.5. The van der Waals surface area contributed by atoms with Gasteiger partial charge in [0.15, 0.2) is 5.84 Å². The molecule has 2 aliphatic rings. The number of fused-ring (bicyclic) bond motifs is 1. The van der Waals surface area contributed by atoms with E-state index in [4.69, 9.17) is 14.6 Å². The van der Waals surface area contributed by atoms with Crippen LogP contribution in [0.5, 0.6) is 5.75 Å². The largest absolute Gasteiger partial charge is 0.497 e. The van der Waals surface area contributed by atoms with Gasteiger partial charge in [-0.2, -0.15) is 15.1 Å². The van der Waals surface area contributed by atoms with Gasteiger partial charge in [-0.15, -0.1) is 0 Å². The van der Waals surface area contributed by atoms with Crippen LogP contribution >= 0.6 is 11.8 Å². The van der Waals surface area contributed by atoms with Crippen LogP contribution in [-0.2, 0) is 4.79 Å². The first-order valence-electron chi connectivity index (χ1n) is 9.21. The summed E-state index contributed by atoms with van der Waals surface area (Å²) >= 11 is 1.27. The number of amides is 1. The predicted molar refractivity (Wildman–Crippen MR) is 117 cm³/mol. The van der Waals surface area contributed by atoms with Gasteiger partial charge in [-0.05, 0) is 42.1 Å². The second-order valence-corrected chi connectivity index (χ2v) is 7.94. The van der Waals surface area contributed by atoms with Gasteiger partial charge in [0.05, 0.1) is 29.2 Å². The van der Waals surface area contributed by atoms with Gasteiger partial charge in [-0.1, -0.05) is 13.8 Å². The smallest absolute Gasteiger partial charge is 0.284 e. The molecule has 10 nitrogen and oxygen atoms in total. The summed E-state index contributed by atoms with van der Waals surface area (Å²) in [6, 6.07) is 7.56. The zero-order valence-electron chi connectivity index (χ0n) is 16.8. The number of nitro benzene ring substituents is 1. The second-order valence-electron chi connectivity index (χ2n) is 6.96. The van der Waals surface area contributed by atoms with Crippen LogP contribution in [0.3, 0.4) is 0 Å². The van der Waals surface area contributed by atoms with Crippen molar-refractivity contribution >= 4 is 45.5 Å². The van der Waals surface area contributed by atoms with Crippen LogP contribution in [0.25, 0.3) is 17.4 Å². The van der Waals surface area contributed by atoms with Crippen LogP contribution in [-0.4, -0.2) is 39.0 Å². The van der Waals surface area contributed by atoms with Crippen LogP contribution in [0.1, 0.15) is 19.6 Å². The Hall–Kier alpha value is -3.73. The van der Waals surface area contributed by atoms with Gasteiger partial charge in [-0.25, -0.2) is 0 Å². The fraction of sp³-hybridized carbons (Fsp3) is 0.200. The standard InChI is InChI=1S/C20H17N5O5S/c1-10(2)19-23-24-17(21)14(18(26)22-20(24)31-19)8-12-5-7-16(30-12)13-6-4-11(29-3)9-15(13)25(27)28/h4-10,21H,1-3H3/b14-8+,21-17?. The minimum absolute atomic E-state index is 0.0169. The molecule has 0 radical (unpaired) electrons. The number of thioether (sulfide) groups is 1. The minimum Gasteiger partial charge on any atom is -0.497 e. The average molecular weight is 439 g/mol. The topological polar surface area (TPSA) is 134 Å². The fourth-order valence-corrected chi connectivity index (χ4v) is 3.85. The number of carbonyl (C=O) groups excluding carboxylic acids is 1. The maximum atomic E-state index is 12.5. The van der Waals surface area contributed by atoms with E-state index in [0.717, 1.165) is 5.04 Å². The van der Waals surface area contributed by atoms with E-state index in [0.29, 0.717) is 10.9 Å². The van der Waals surface area contributed by atoms with E-state index in [-0.39, 0.29) is 40.1 Å². The highest BCUT2D eigenvalue weighted by Crippen LogP contribution is 2.35. The number of nitro groups is 1. The molecule has 0 unspecified atom stereocenters. The molecule has 0 atom stereocenters. The molecular formula is C20H17N5O5S. The lowest BCUT2D eigenvalue weighted by molar-refractivity contribution is -0.384. The molecule has 1 aromatic carbocycles. The number of hydrogen-bond donors (Lipinski definition) is 1. The van der Waals surface area contributed by atoms with E-state index in [1.54, 1.807) is 18.2 Å². The number of hydrogen-bond acceptors (Lipinski definition) is 8. The average Bonchev–Trinajstić information content (AvgIpc) is 3.38. The van der Waals surface area contributed by atoms with Gasteiger partial charge >= 0.3 is 0 Å². The molecule has 0 fully saturated rings. The Morgan fingerprint density at radius 2 is 2.10 bits per heavy atom. The summed E-state index contributed by atoms with van der Waals surface area (Å²) in [5.74, 6) is 0.318. The van der Waals surface area contributed by atoms with Gasteiger partial charge in [0.25, 0.3) is 11.6 Å². The van der Waals surface area contributed by atoms with Crippen LogP contribution in [0, 0.1) is 21.4 Å². The molecule has 2 aliphatic heterocycles. The van der Waals surface area contributed by atoms with Crippen molar-refractivity contribution in [2.75, 3.05) is 7.11 Å². The molecule has 11 heteroatoms. The lowest BCUT2D eigenvalue weighted by Crippen LogP contribution is -2.35. The molecule has 31 heavy (non-hydrogen) atoms. The monoisotopic (exact) mass is 439 g/mol. The summed E-state index contributed by atoms with van der Waals surface area (Å²) in [4.78, 5) is 27.4. The molecule has 0 spiro atoms. The van der Waals surface area contributed by atoms with E-state index in [2.05, 4.69) is 10.1 Å². The van der Waals surface area contributed by atoms with Crippen molar-refractivity contribution in [2.45, 2.75) is 13.8 Å². The van der Waals surface area contributed by atoms with Crippen molar-refractivity contribution in [1.82, 2.24) is 5.01 Å². The molecule has 1 aromatic heterocycles. The first-order chi connectivity index (χ1) is 14.8. The van der Waals surface area contributed by atoms with Crippen molar-refractivity contribution in [2.24, 2.45) is 16.0 Å². The predicted octanol–water partition coefficient (Wildman–Crippen LogP) is 4.14. The molecule has 0 bridgehead atoms. The van der Waals surface area contributed by atoms with Gasteiger partial charge in [0.1, 0.15) is 22.3 Å². The van der Waals surface area contributed by atoms with Gasteiger partial charge < -0.3 is 9.15 Å². The van der Waals surface area contributed by atoms with Gasteiger partial charge in [0.2, 0.25) is 5.17 Å². The Balaban J connectivity index is 1.68. The number of methoxy groups -OCH3 is 1. The third-order valence-electron chi connectivity index (χ3n) is 4.54. The fourth-order valence-electron chi connectivity index (χ4n) is 2.96. The lowest BCUT2D eigenvalue weighted by atomic mass is 10.1. The Kier molecular flexibility index (Phi) is 5.19. The number of amidine groups is 2. The third-order valence-corrected chi connectivity index (χ3v) is 5.75. The molecule has 0 saturated carbocycles. The summed E-state index contributed by atoms with van der Waals surface area (Å²) in [5, 5.41) is 26.6. The van der Waals surface area contributed by atoms with Crippen LogP contribution in [0.2, 0.25) is 0 Å². The number of ether oxygens (including phenoxy) is 1. The number of furan rings is 1. The van der Waals surface area contributed by atoms with E-state index in [1.165, 1.54) is 42.1 Å². The van der Waals surface area contributed by atoms with Crippen molar-refractivity contribution in [3.05, 3.63) is 51.8 Å². The van der Waals surface area contributed by atoms with E-state index in [9.17, 15) is 14.9 Å².